The minimum atomic E-state index is -0.507. The normalized spacial score (nSPS) is 28.4. The molecule has 0 aromatic heterocycles. The number of fused-ring (bicyclic) bond motifs is 1. The van der Waals surface area contributed by atoms with Crippen molar-refractivity contribution < 1.29 is 24.2 Å². The summed E-state index contributed by atoms with van der Waals surface area (Å²) >= 11 is 0. The van der Waals surface area contributed by atoms with Crippen molar-refractivity contribution in [3.63, 3.8) is 0 Å². The van der Waals surface area contributed by atoms with Crippen LogP contribution >= 0.6 is 0 Å². The number of hydrogen-bond donors (Lipinski definition) is 1. The van der Waals surface area contributed by atoms with Gasteiger partial charge in [-0.05, 0) is 37.7 Å². The molecular formula is C20H30O5. The van der Waals surface area contributed by atoms with Crippen LogP contribution in [0.1, 0.15) is 53.4 Å². The molecule has 0 unspecified atom stereocenters. The molecule has 25 heavy (non-hydrogen) atoms. The molecule has 140 valence electrons. The molecule has 0 bridgehead atoms. The van der Waals surface area contributed by atoms with Gasteiger partial charge in [-0.2, -0.15) is 0 Å². The Kier molecular flexibility index (Phi) is 6.44. The molecule has 1 fully saturated rings. The third-order valence-electron chi connectivity index (χ3n) is 5.54. The molecule has 5 atom stereocenters. The maximum atomic E-state index is 12.5. The van der Waals surface area contributed by atoms with Gasteiger partial charge in [0.15, 0.2) is 0 Å². The first-order valence-corrected chi connectivity index (χ1v) is 9.22. The van der Waals surface area contributed by atoms with Gasteiger partial charge in [0.1, 0.15) is 12.2 Å². The summed E-state index contributed by atoms with van der Waals surface area (Å²) in [4.78, 5) is 24.5. The van der Waals surface area contributed by atoms with E-state index in [-0.39, 0.29) is 36.4 Å². The van der Waals surface area contributed by atoms with Crippen LogP contribution < -0.4 is 0 Å². The van der Waals surface area contributed by atoms with Crippen molar-refractivity contribution in [2.45, 2.75) is 65.6 Å². The summed E-state index contributed by atoms with van der Waals surface area (Å²) in [5.74, 6) is -0.986. The highest BCUT2D eigenvalue weighted by Gasteiger charge is 2.50. The maximum absolute atomic E-state index is 12.5. The molecular weight excluding hydrogens is 320 g/mol. The highest BCUT2D eigenvalue weighted by Crippen LogP contribution is 2.45. The molecule has 0 amide bonds. The molecule has 1 aliphatic heterocycles. The van der Waals surface area contributed by atoms with Gasteiger partial charge in [0, 0.05) is 18.6 Å². The van der Waals surface area contributed by atoms with E-state index in [9.17, 15) is 9.59 Å². The number of carbonyl (C=O) groups excluding carboxylic acids is 2. The van der Waals surface area contributed by atoms with Crippen LogP contribution in [-0.4, -0.2) is 35.9 Å². The van der Waals surface area contributed by atoms with Gasteiger partial charge in [-0.3, -0.25) is 4.79 Å². The molecule has 0 saturated carbocycles. The molecule has 1 N–H and O–H groups in total. The zero-order chi connectivity index (χ0) is 18.7. The van der Waals surface area contributed by atoms with Crippen LogP contribution in [0, 0.1) is 17.8 Å². The maximum Gasteiger partial charge on any atom is 0.334 e. The first-order chi connectivity index (χ1) is 11.8. The van der Waals surface area contributed by atoms with Gasteiger partial charge in [-0.15, -0.1) is 0 Å². The smallest absolute Gasteiger partial charge is 0.334 e. The van der Waals surface area contributed by atoms with E-state index in [0.29, 0.717) is 24.8 Å². The van der Waals surface area contributed by atoms with E-state index in [1.807, 2.05) is 20.8 Å². The Balaban J connectivity index is 2.35. The summed E-state index contributed by atoms with van der Waals surface area (Å²) in [6.45, 7) is 11.9. The van der Waals surface area contributed by atoms with Crippen LogP contribution in [-0.2, 0) is 19.1 Å². The number of aliphatic hydroxyl groups excluding tert-OH is 1. The van der Waals surface area contributed by atoms with E-state index >= 15 is 0 Å². The summed E-state index contributed by atoms with van der Waals surface area (Å²) in [7, 11) is 0. The Bertz CT molecular complexity index is 577. The van der Waals surface area contributed by atoms with Gasteiger partial charge in [0.25, 0.3) is 0 Å². The largest absolute Gasteiger partial charge is 0.458 e. The van der Waals surface area contributed by atoms with E-state index < -0.39 is 12.1 Å². The van der Waals surface area contributed by atoms with Crippen LogP contribution in [0.3, 0.4) is 0 Å². The second-order valence-electron chi connectivity index (χ2n) is 7.37. The average molecular weight is 350 g/mol. The SMILES string of the molecule is C=C1C(=O)O[C@@H]2CC(C)=C([C@@H](C)CCCO)[C@@H](OC(=O)[C@H](C)CC)[C@H]12. The molecule has 1 heterocycles. The molecule has 0 radical (unpaired) electrons. The van der Waals surface area contributed by atoms with Crippen LogP contribution in [0.4, 0.5) is 0 Å². The second-order valence-corrected chi connectivity index (χ2v) is 7.37. The van der Waals surface area contributed by atoms with E-state index in [4.69, 9.17) is 14.6 Å². The highest BCUT2D eigenvalue weighted by molar-refractivity contribution is 5.91. The summed E-state index contributed by atoms with van der Waals surface area (Å²) in [6.07, 6.45) is 2.03. The fraction of sp³-hybridized carbons (Fsp3) is 0.700. The zero-order valence-electron chi connectivity index (χ0n) is 15.7. The third-order valence-corrected chi connectivity index (χ3v) is 5.54. The van der Waals surface area contributed by atoms with Gasteiger partial charge in [-0.1, -0.05) is 32.9 Å². The standard InChI is InChI=1S/C20H30O5/c1-6-11(2)19(22)25-18-16(12(3)8-7-9-21)13(4)10-15-17(18)14(5)20(23)24-15/h11-12,15,17-18,21H,5-10H2,1-4H3/t11-,12+,15-,17-,18-/m1/s1. The number of carbonyl (C=O) groups is 2. The fourth-order valence-electron chi connectivity index (χ4n) is 3.85. The Morgan fingerprint density at radius 2 is 2.12 bits per heavy atom. The second kappa shape index (κ2) is 8.17. The predicted octanol–water partition coefficient (Wildman–Crippen LogP) is 3.17. The Morgan fingerprint density at radius 1 is 1.44 bits per heavy atom. The van der Waals surface area contributed by atoms with Crippen molar-refractivity contribution in [3.8, 4) is 0 Å². The monoisotopic (exact) mass is 350 g/mol. The summed E-state index contributed by atoms with van der Waals surface area (Å²) in [6, 6.07) is 0. The van der Waals surface area contributed by atoms with E-state index in [0.717, 1.165) is 17.6 Å². The molecule has 1 saturated heterocycles. The average Bonchev–Trinajstić information content (AvgIpc) is 2.85. The predicted molar refractivity (Wildman–Crippen MR) is 94.6 cm³/mol. The number of esters is 2. The molecule has 2 rings (SSSR count). The van der Waals surface area contributed by atoms with Gasteiger partial charge in [0.05, 0.1) is 11.8 Å². The van der Waals surface area contributed by atoms with E-state index in [1.165, 1.54) is 0 Å². The third kappa shape index (κ3) is 3.97. The molecule has 0 aromatic rings. The zero-order valence-corrected chi connectivity index (χ0v) is 15.7. The lowest BCUT2D eigenvalue weighted by molar-refractivity contribution is -0.155. The highest BCUT2D eigenvalue weighted by atomic mass is 16.6. The van der Waals surface area contributed by atoms with Crippen molar-refractivity contribution in [1.82, 2.24) is 0 Å². The van der Waals surface area contributed by atoms with E-state index in [2.05, 4.69) is 13.5 Å². The van der Waals surface area contributed by atoms with Crippen molar-refractivity contribution in [2.24, 2.45) is 17.8 Å². The summed E-state index contributed by atoms with van der Waals surface area (Å²) in [5.41, 5.74) is 2.56. The Hall–Kier alpha value is -1.62. The van der Waals surface area contributed by atoms with Crippen LogP contribution in [0.15, 0.2) is 23.3 Å². The quantitative estimate of drug-likeness (QED) is 0.434. The van der Waals surface area contributed by atoms with Crippen molar-refractivity contribution in [3.05, 3.63) is 23.3 Å². The molecule has 1 aliphatic carbocycles. The number of rotatable bonds is 7. The molecule has 0 spiro atoms. The Morgan fingerprint density at radius 3 is 2.72 bits per heavy atom. The first kappa shape index (κ1) is 19.7. The number of hydrogen-bond acceptors (Lipinski definition) is 5. The van der Waals surface area contributed by atoms with Crippen molar-refractivity contribution >= 4 is 11.9 Å². The fourth-order valence-corrected chi connectivity index (χ4v) is 3.85. The molecule has 2 aliphatic rings. The minimum absolute atomic E-state index is 0.133. The van der Waals surface area contributed by atoms with Gasteiger partial charge < -0.3 is 14.6 Å². The summed E-state index contributed by atoms with van der Waals surface area (Å²) < 4.78 is 11.4. The van der Waals surface area contributed by atoms with Crippen LogP contribution in [0.5, 0.6) is 0 Å². The summed E-state index contributed by atoms with van der Waals surface area (Å²) in [5, 5.41) is 9.14. The van der Waals surface area contributed by atoms with E-state index in [1.54, 1.807) is 0 Å². The molecule has 5 heteroatoms. The lowest BCUT2D eigenvalue weighted by Gasteiger charge is -2.38. The van der Waals surface area contributed by atoms with Crippen molar-refractivity contribution in [1.29, 1.82) is 0 Å². The van der Waals surface area contributed by atoms with Crippen LogP contribution in [0.2, 0.25) is 0 Å². The first-order valence-electron chi connectivity index (χ1n) is 9.22. The molecule has 5 nitrogen and oxygen atoms in total. The molecule has 0 aromatic carbocycles. The number of aliphatic hydroxyl groups is 1. The van der Waals surface area contributed by atoms with Gasteiger partial charge in [-0.25, -0.2) is 4.79 Å². The van der Waals surface area contributed by atoms with Crippen molar-refractivity contribution in [2.75, 3.05) is 6.61 Å². The van der Waals surface area contributed by atoms with Gasteiger partial charge in [0.2, 0.25) is 0 Å². The Labute approximate surface area is 150 Å². The minimum Gasteiger partial charge on any atom is -0.458 e. The van der Waals surface area contributed by atoms with Crippen LogP contribution in [0.25, 0.3) is 0 Å². The lowest BCUT2D eigenvalue weighted by Crippen LogP contribution is -2.41. The van der Waals surface area contributed by atoms with Gasteiger partial charge >= 0.3 is 11.9 Å². The lowest BCUT2D eigenvalue weighted by atomic mass is 9.73. The topological polar surface area (TPSA) is 72.8 Å². The number of ether oxygens (including phenoxy) is 2.